The van der Waals surface area contributed by atoms with Crippen molar-refractivity contribution >= 4 is 22.8 Å². The van der Waals surface area contributed by atoms with Gasteiger partial charge in [0, 0.05) is 20.6 Å². The molecule has 0 atom stereocenters. The van der Waals surface area contributed by atoms with Crippen LogP contribution in [-0.4, -0.2) is 30.9 Å². The Labute approximate surface area is 178 Å². The lowest BCUT2D eigenvalue weighted by Crippen LogP contribution is -2.38. The molecule has 0 unspecified atom stereocenters. The van der Waals surface area contributed by atoms with Crippen LogP contribution >= 0.6 is 0 Å². The van der Waals surface area contributed by atoms with Gasteiger partial charge in [-0.2, -0.15) is 10.1 Å². The number of imidazole rings is 1. The monoisotopic (exact) mass is 414 g/mol. The highest BCUT2D eigenvalue weighted by Crippen LogP contribution is 2.25. The molecule has 0 spiro atoms. The molecule has 3 heterocycles. The quantitative estimate of drug-likeness (QED) is 0.511. The third-order valence-corrected chi connectivity index (χ3v) is 5.67. The third kappa shape index (κ3) is 3.16. The number of nitrogens with zero attached hydrogens (tertiary/aromatic N) is 6. The first-order chi connectivity index (χ1) is 15.0. The second-order valence-electron chi connectivity index (χ2n) is 7.65. The van der Waals surface area contributed by atoms with Gasteiger partial charge in [-0.1, -0.05) is 60.7 Å². The average Bonchev–Trinajstić information content (AvgIpc) is 3.21. The van der Waals surface area contributed by atoms with Crippen LogP contribution in [0.15, 0.2) is 75.4 Å². The van der Waals surface area contributed by atoms with Gasteiger partial charge < -0.3 is 0 Å². The molecule has 0 N–H and O–H groups in total. The summed E-state index contributed by atoms with van der Waals surface area (Å²) in [5, 5.41) is 6.71. The Bertz CT molecular complexity index is 1410. The minimum Gasteiger partial charge on any atom is -0.297 e. The summed E-state index contributed by atoms with van der Waals surface area (Å²) < 4.78 is 4.41. The SMILES string of the molecule is Cn1c(=O)c2c(nc3n2CC(c2ccccc2)=NN3CCc2ccccc2)n(C)c1=O. The van der Waals surface area contributed by atoms with Crippen molar-refractivity contribution in [3.05, 3.63) is 92.6 Å². The number of rotatable bonds is 4. The van der Waals surface area contributed by atoms with Gasteiger partial charge in [-0.05, 0) is 17.5 Å². The Kier molecular flexibility index (Phi) is 4.54. The molecule has 0 aliphatic carbocycles. The smallest absolute Gasteiger partial charge is 0.297 e. The van der Waals surface area contributed by atoms with Crippen molar-refractivity contribution in [3.63, 3.8) is 0 Å². The zero-order valence-electron chi connectivity index (χ0n) is 17.4. The number of hydrazone groups is 1. The summed E-state index contributed by atoms with van der Waals surface area (Å²) in [6.45, 7) is 1.00. The second-order valence-corrected chi connectivity index (χ2v) is 7.65. The fourth-order valence-electron chi connectivity index (χ4n) is 3.96. The van der Waals surface area contributed by atoms with Crippen LogP contribution < -0.4 is 16.3 Å². The van der Waals surface area contributed by atoms with E-state index in [9.17, 15) is 9.59 Å². The van der Waals surface area contributed by atoms with E-state index in [1.54, 1.807) is 7.05 Å². The highest BCUT2D eigenvalue weighted by Gasteiger charge is 2.27. The van der Waals surface area contributed by atoms with Crippen LogP contribution in [0.2, 0.25) is 0 Å². The molecule has 4 aromatic rings. The van der Waals surface area contributed by atoms with E-state index < -0.39 is 5.69 Å². The van der Waals surface area contributed by atoms with Crippen LogP contribution in [-0.2, 0) is 27.1 Å². The molecule has 2 aromatic heterocycles. The molecule has 8 heteroatoms. The van der Waals surface area contributed by atoms with Crippen molar-refractivity contribution in [3.8, 4) is 0 Å². The minimum atomic E-state index is -0.395. The van der Waals surface area contributed by atoms with Crippen molar-refractivity contribution in [2.24, 2.45) is 19.2 Å². The zero-order chi connectivity index (χ0) is 21.5. The molecule has 1 aliphatic rings. The van der Waals surface area contributed by atoms with Gasteiger partial charge in [0.15, 0.2) is 11.2 Å². The summed E-state index contributed by atoms with van der Waals surface area (Å²) >= 11 is 0. The molecule has 5 rings (SSSR count). The molecule has 0 bridgehead atoms. The van der Waals surface area contributed by atoms with E-state index in [1.165, 1.54) is 17.2 Å². The number of aromatic nitrogens is 4. The van der Waals surface area contributed by atoms with Gasteiger partial charge in [-0.25, -0.2) is 9.80 Å². The maximum Gasteiger partial charge on any atom is 0.332 e. The van der Waals surface area contributed by atoms with Crippen molar-refractivity contribution < 1.29 is 0 Å². The number of hydrogen-bond acceptors (Lipinski definition) is 5. The summed E-state index contributed by atoms with van der Waals surface area (Å²) in [4.78, 5) is 30.1. The second kappa shape index (κ2) is 7.39. The first kappa shape index (κ1) is 19.0. The molecule has 31 heavy (non-hydrogen) atoms. The molecular formula is C23H22N6O2. The molecule has 156 valence electrons. The molecule has 8 nitrogen and oxygen atoms in total. The van der Waals surface area contributed by atoms with Crippen molar-refractivity contribution in [2.45, 2.75) is 13.0 Å². The van der Waals surface area contributed by atoms with E-state index in [0.29, 0.717) is 30.2 Å². The van der Waals surface area contributed by atoms with Crippen molar-refractivity contribution in [2.75, 3.05) is 11.6 Å². The largest absolute Gasteiger partial charge is 0.332 e. The summed E-state index contributed by atoms with van der Waals surface area (Å²) in [5.41, 5.74) is 3.06. The number of fused-ring (bicyclic) bond motifs is 3. The zero-order valence-corrected chi connectivity index (χ0v) is 17.4. The molecule has 0 saturated heterocycles. The van der Waals surface area contributed by atoms with Crippen LogP contribution in [0.1, 0.15) is 11.1 Å². The van der Waals surface area contributed by atoms with E-state index in [0.717, 1.165) is 22.3 Å². The maximum atomic E-state index is 13.0. The summed E-state index contributed by atoms with van der Waals surface area (Å²) in [6, 6.07) is 20.1. The fraction of sp³-hybridized carbons (Fsp3) is 0.217. The topological polar surface area (TPSA) is 77.4 Å². The standard InChI is InChI=1S/C23H22N6O2/c1-26-20-19(21(30)27(2)23(26)31)28-15-18(17-11-7-4-8-12-17)25-29(22(28)24-20)14-13-16-9-5-3-6-10-16/h3-12H,13-15H2,1-2H3. The van der Waals surface area contributed by atoms with Gasteiger partial charge in [0.25, 0.3) is 5.56 Å². The lowest BCUT2D eigenvalue weighted by atomic mass is 10.1. The summed E-state index contributed by atoms with van der Waals surface area (Å²) in [5.74, 6) is 0.573. The van der Waals surface area contributed by atoms with Gasteiger partial charge in [0.1, 0.15) is 0 Å². The van der Waals surface area contributed by atoms with E-state index in [-0.39, 0.29) is 5.56 Å². The first-order valence-corrected chi connectivity index (χ1v) is 10.1. The van der Waals surface area contributed by atoms with Gasteiger partial charge in [-0.3, -0.25) is 18.5 Å². The summed E-state index contributed by atoms with van der Waals surface area (Å²) in [7, 11) is 3.13. The summed E-state index contributed by atoms with van der Waals surface area (Å²) in [6.07, 6.45) is 0.770. The predicted molar refractivity (Wildman–Crippen MR) is 121 cm³/mol. The van der Waals surface area contributed by atoms with Crippen LogP contribution in [0.25, 0.3) is 11.2 Å². The predicted octanol–water partition coefficient (Wildman–Crippen LogP) is 1.90. The molecule has 2 aromatic carbocycles. The van der Waals surface area contributed by atoms with Crippen LogP contribution in [0.3, 0.4) is 0 Å². The van der Waals surface area contributed by atoms with Crippen molar-refractivity contribution in [1.29, 1.82) is 0 Å². The number of anilines is 1. The third-order valence-electron chi connectivity index (χ3n) is 5.67. The van der Waals surface area contributed by atoms with Gasteiger partial charge in [-0.15, -0.1) is 0 Å². The molecule has 0 fully saturated rings. The normalized spacial score (nSPS) is 13.4. The Morgan fingerprint density at radius 2 is 1.58 bits per heavy atom. The Balaban J connectivity index is 1.66. The Morgan fingerprint density at radius 3 is 2.29 bits per heavy atom. The maximum absolute atomic E-state index is 13.0. The van der Waals surface area contributed by atoms with E-state index in [2.05, 4.69) is 17.1 Å². The van der Waals surface area contributed by atoms with Crippen LogP contribution in [0.5, 0.6) is 0 Å². The Morgan fingerprint density at radius 1 is 0.903 bits per heavy atom. The van der Waals surface area contributed by atoms with Gasteiger partial charge in [0.2, 0.25) is 5.95 Å². The molecule has 0 amide bonds. The van der Waals surface area contributed by atoms with Crippen molar-refractivity contribution in [1.82, 2.24) is 18.7 Å². The first-order valence-electron chi connectivity index (χ1n) is 10.1. The average molecular weight is 414 g/mol. The molecule has 0 radical (unpaired) electrons. The number of benzene rings is 2. The lowest BCUT2D eigenvalue weighted by molar-refractivity contribution is 0.698. The fourth-order valence-corrected chi connectivity index (χ4v) is 3.96. The molecular weight excluding hydrogens is 392 g/mol. The molecule has 1 aliphatic heterocycles. The van der Waals surface area contributed by atoms with E-state index >= 15 is 0 Å². The van der Waals surface area contributed by atoms with E-state index in [4.69, 9.17) is 5.10 Å². The number of aryl methyl sites for hydroxylation is 1. The van der Waals surface area contributed by atoms with E-state index in [1.807, 2.05) is 58.1 Å². The Hall–Kier alpha value is -3.94. The minimum absolute atomic E-state index is 0.353. The van der Waals surface area contributed by atoms with Crippen LogP contribution in [0, 0.1) is 0 Å². The number of hydrogen-bond donors (Lipinski definition) is 0. The highest BCUT2D eigenvalue weighted by atomic mass is 16.2. The lowest BCUT2D eigenvalue weighted by Gasteiger charge is -2.26. The van der Waals surface area contributed by atoms with Gasteiger partial charge >= 0.3 is 5.69 Å². The van der Waals surface area contributed by atoms with Crippen LogP contribution in [0.4, 0.5) is 5.95 Å². The highest BCUT2D eigenvalue weighted by molar-refractivity contribution is 6.02. The van der Waals surface area contributed by atoms with Gasteiger partial charge in [0.05, 0.1) is 12.3 Å². The molecule has 0 saturated carbocycles.